The predicted molar refractivity (Wildman–Crippen MR) is 127 cm³/mol. The molecule has 4 aromatic rings. The zero-order valence-corrected chi connectivity index (χ0v) is 18.4. The first-order valence-corrected chi connectivity index (χ1v) is 10.6. The van der Waals surface area contributed by atoms with E-state index < -0.39 is 5.91 Å². The zero-order chi connectivity index (χ0) is 23.2. The van der Waals surface area contributed by atoms with Crippen LogP contribution in [0.15, 0.2) is 77.2 Å². The van der Waals surface area contributed by atoms with Gasteiger partial charge in [-0.25, -0.2) is 0 Å². The summed E-state index contributed by atoms with van der Waals surface area (Å²) in [5.41, 5.74) is 2.25. The van der Waals surface area contributed by atoms with Crippen molar-refractivity contribution in [2.45, 2.75) is 13.3 Å². The van der Waals surface area contributed by atoms with Crippen LogP contribution in [0.3, 0.4) is 0 Å². The van der Waals surface area contributed by atoms with Gasteiger partial charge in [0, 0.05) is 11.1 Å². The number of nitrogens with one attached hydrogen (secondary N) is 2. The Hall–Kier alpha value is -4.26. The first-order chi connectivity index (χ1) is 16.1. The van der Waals surface area contributed by atoms with Crippen molar-refractivity contribution in [1.82, 2.24) is 0 Å². The number of methoxy groups -OCH3 is 1. The van der Waals surface area contributed by atoms with Crippen LogP contribution < -0.4 is 20.1 Å². The van der Waals surface area contributed by atoms with E-state index in [4.69, 9.17) is 13.9 Å². The predicted octanol–water partition coefficient (Wildman–Crippen LogP) is 5.27. The van der Waals surface area contributed by atoms with Crippen LogP contribution in [0.1, 0.15) is 23.0 Å². The molecule has 0 fully saturated rings. The number of hydrogen-bond acceptors (Lipinski definition) is 5. The van der Waals surface area contributed by atoms with Gasteiger partial charge in [0.05, 0.1) is 20.1 Å². The van der Waals surface area contributed by atoms with Gasteiger partial charge in [-0.1, -0.05) is 24.3 Å². The molecule has 0 radical (unpaired) electrons. The highest BCUT2D eigenvalue weighted by Gasteiger charge is 2.22. The van der Waals surface area contributed by atoms with Gasteiger partial charge in [-0.15, -0.1) is 0 Å². The summed E-state index contributed by atoms with van der Waals surface area (Å²) in [6, 6.07) is 21.5. The number of para-hydroxylation sites is 1. The smallest absolute Gasteiger partial charge is 0.293 e. The Morgan fingerprint density at radius 3 is 2.27 bits per heavy atom. The Kier molecular flexibility index (Phi) is 6.59. The summed E-state index contributed by atoms with van der Waals surface area (Å²) >= 11 is 0. The first-order valence-electron chi connectivity index (χ1n) is 10.6. The third kappa shape index (κ3) is 5.15. The maximum absolute atomic E-state index is 13.0. The number of rotatable bonds is 8. The normalized spacial score (nSPS) is 10.6. The number of amides is 2. The number of ether oxygens (including phenoxy) is 2. The van der Waals surface area contributed by atoms with Gasteiger partial charge in [0.15, 0.2) is 0 Å². The lowest BCUT2D eigenvalue weighted by Crippen LogP contribution is -2.18. The molecule has 0 aliphatic heterocycles. The third-order valence-corrected chi connectivity index (χ3v) is 5.01. The van der Waals surface area contributed by atoms with Gasteiger partial charge in [0.25, 0.3) is 5.91 Å². The lowest BCUT2D eigenvalue weighted by Gasteiger charge is -2.09. The van der Waals surface area contributed by atoms with Crippen LogP contribution in [-0.2, 0) is 11.2 Å². The van der Waals surface area contributed by atoms with Crippen molar-refractivity contribution in [3.63, 3.8) is 0 Å². The van der Waals surface area contributed by atoms with E-state index in [2.05, 4.69) is 10.6 Å². The first kappa shape index (κ1) is 22.0. The fourth-order valence-electron chi connectivity index (χ4n) is 3.43. The van der Waals surface area contributed by atoms with Crippen LogP contribution in [0, 0.1) is 0 Å². The van der Waals surface area contributed by atoms with E-state index in [0.717, 1.165) is 5.56 Å². The molecule has 0 atom stereocenters. The number of hydrogen-bond donors (Lipinski definition) is 2. The second kappa shape index (κ2) is 9.91. The number of carbonyl (C=O) groups excluding carboxylic acids is 2. The minimum absolute atomic E-state index is 0.0353. The van der Waals surface area contributed by atoms with E-state index in [9.17, 15) is 9.59 Å². The molecule has 1 heterocycles. The van der Waals surface area contributed by atoms with Gasteiger partial charge < -0.3 is 24.5 Å². The molecular formula is C26H24N2O5. The molecule has 0 saturated carbocycles. The Morgan fingerprint density at radius 2 is 1.58 bits per heavy atom. The number of benzene rings is 3. The average molecular weight is 444 g/mol. The molecule has 33 heavy (non-hydrogen) atoms. The maximum Gasteiger partial charge on any atom is 0.293 e. The van der Waals surface area contributed by atoms with Crippen molar-refractivity contribution in [2.24, 2.45) is 0 Å². The summed E-state index contributed by atoms with van der Waals surface area (Å²) in [5.74, 6) is 0.740. The van der Waals surface area contributed by atoms with Crippen LogP contribution in [0.4, 0.5) is 11.4 Å². The van der Waals surface area contributed by atoms with Crippen LogP contribution in [0.25, 0.3) is 11.0 Å². The third-order valence-electron chi connectivity index (χ3n) is 5.01. The number of anilines is 2. The molecule has 7 heteroatoms. The standard InChI is InChI=1S/C26H24N2O5/c1-3-32-20-14-10-18(11-15-20)27-26(30)25-24(21-6-4-5-7-22(21)33-25)28-23(29)16-17-8-12-19(31-2)13-9-17/h4-15H,3,16H2,1-2H3,(H,27,30)(H,28,29). The fraction of sp³-hybridized carbons (Fsp3) is 0.154. The van der Waals surface area contributed by atoms with Gasteiger partial charge in [0.1, 0.15) is 22.8 Å². The van der Waals surface area contributed by atoms with Crippen molar-refractivity contribution in [3.05, 3.63) is 84.1 Å². The summed E-state index contributed by atoms with van der Waals surface area (Å²) in [6.45, 7) is 2.46. The zero-order valence-electron chi connectivity index (χ0n) is 18.4. The molecule has 0 bridgehead atoms. The van der Waals surface area contributed by atoms with E-state index in [1.54, 1.807) is 55.6 Å². The number of fused-ring (bicyclic) bond motifs is 1. The van der Waals surface area contributed by atoms with Gasteiger partial charge in [-0.3, -0.25) is 9.59 Å². The molecule has 1 aromatic heterocycles. The Bertz CT molecular complexity index is 1260. The molecule has 7 nitrogen and oxygen atoms in total. The van der Waals surface area contributed by atoms with Gasteiger partial charge in [-0.2, -0.15) is 0 Å². The summed E-state index contributed by atoms with van der Waals surface area (Å²) < 4.78 is 16.4. The topological polar surface area (TPSA) is 89.8 Å². The monoisotopic (exact) mass is 444 g/mol. The molecule has 0 spiro atoms. The number of furan rings is 1. The second-order valence-electron chi connectivity index (χ2n) is 7.29. The van der Waals surface area contributed by atoms with E-state index in [0.29, 0.717) is 40.4 Å². The van der Waals surface area contributed by atoms with Crippen molar-refractivity contribution >= 4 is 34.2 Å². The largest absolute Gasteiger partial charge is 0.497 e. The fourth-order valence-corrected chi connectivity index (χ4v) is 3.43. The summed E-state index contributed by atoms with van der Waals surface area (Å²) in [6.07, 6.45) is 0.142. The van der Waals surface area contributed by atoms with Crippen molar-refractivity contribution in [3.8, 4) is 11.5 Å². The van der Waals surface area contributed by atoms with E-state index in [-0.39, 0.29) is 18.1 Å². The molecule has 0 aliphatic rings. The van der Waals surface area contributed by atoms with Crippen molar-refractivity contribution in [1.29, 1.82) is 0 Å². The van der Waals surface area contributed by atoms with Crippen molar-refractivity contribution < 1.29 is 23.5 Å². The Morgan fingerprint density at radius 1 is 0.879 bits per heavy atom. The number of carbonyl (C=O) groups is 2. The average Bonchev–Trinajstić information content (AvgIpc) is 3.19. The molecule has 0 unspecified atom stereocenters. The molecule has 3 aromatic carbocycles. The maximum atomic E-state index is 13.0. The SMILES string of the molecule is CCOc1ccc(NC(=O)c2oc3ccccc3c2NC(=O)Cc2ccc(OC)cc2)cc1. The minimum Gasteiger partial charge on any atom is -0.497 e. The highest BCUT2D eigenvalue weighted by molar-refractivity contribution is 6.14. The molecule has 168 valence electrons. The van der Waals surface area contributed by atoms with Gasteiger partial charge >= 0.3 is 0 Å². The van der Waals surface area contributed by atoms with Gasteiger partial charge in [0.2, 0.25) is 11.7 Å². The highest BCUT2D eigenvalue weighted by atomic mass is 16.5. The summed E-state index contributed by atoms with van der Waals surface area (Å²) in [7, 11) is 1.59. The second-order valence-corrected chi connectivity index (χ2v) is 7.29. The Balaban J connectivity index is 1.55. The van der Waals surface area contributed by atoms with Crippen LogP contribution in [0.2, 0.25) is 0 Å². The van der Waals surface area contributed by atoms with E-state index in [1.807, 2.05) is 31.2 Å². The summed E-state index contributed by atoms with van der Waals surface area (Å²) in [4.78, 5) is 25.8. The van der Waals surface area contributed by atoms with Crippen LogP contribution in [0.5, 0.6) is 11.5 Å². The van der Waals surface area contributed by atoms with Crippen molar-refractivity contribution in [2.75, 3.05) is 24.4 Å². The summed E-state index contributed by atoms with van der Waals surface area (Å²) in [5, 5.41) is 6.32. The minimum atomic E-state index is -0.463. The lowest BCUT2D eigenvalue weighted by atomic mass is 10.1. The van der Waals surface area contributed by atoms with Crippen LogP contribution in [-0.4, -0.2) is 25.5 Å². The molecule has 2 N–H and O–H groups in total. The molecule has 2 amide bonds. The van der Waals surface area contributed by atoms with Crippen LogP contribution >= 0.6 is 0 Å². The molecule has 0 saturated heterocycles. The van der Waals surface area contributed by atoms with E-state index in [1.165, 1.54) is 0 Å². The molecule has 0 aliphatic carbocycles. The Labute approximate surface area is 191 Å². The molecular weight excluding hydrogens is 420 g/mol. The lowest BCUT2D eigenvalue weighted by molar-refractivity contribution is -0.115. The van der Waals surface area contributed by atoms with Gasteiger partial charge in [-0.05, 0) is 61.0 Å². The van der Waals surface area contributed by atoms with E-state index >= 15 is 0 Å². The molecule has 4 rings (SSSR count). The highest BCUT2D eigenvalue weighted by Crippen LogP contribution is 2.32. The quantitative estimate of drug-likeness (QED) is 0.386.